The average Bonchev–Trinajstić information content (AvgIpc) is 2.96. The van der Waals surface area contributed by atoms with Crippen molar-refractivity contribution >= 4 is 21.7 Å². The van der Waals surface area contributed by atoms with Crippen LogP contribution in [0.1, 0.15) is 16.1 Å². The number of rotatable bonds is 4. The molecule has 11 heteroatoms. The molecule has 0 spiro atoms. The van der Waals surface area contributed by atoms with E-state index in [9.17, 15) is 13.2 Å². The predicted molar refractivity (Wildman–Crippen MR) is 83.1 cm³/mol. The van der Waals surface area contributed by atoms with Crippen LogP contribution in [-0.4, -0.2) is 61.2 Å². The van der Waals surface area contributed by atoms with Gasteiger partial charge in [-0.1, -0.05) is 0 Å². The van der Waals surface area contributed by atoms with Crippen molar-refractivity contribution in [3.8, 4) is 0 Å². The quantitative estimate of drug-likeness (QED) is 0.513. The molecule has 128 valence electrons. The third-order valence-electron chi connectivity index (χ3n) is 3.74. The highest BCUT2D eigenvalue weighted by Crippen LogP contribution is 2.12. The van der Waals surface area contributed by atoms with E-state index >= 15 is 0 Å². The SMILES string of the molecule is CS(=O)(=O)N1CCN([n+]2noc(N)c2C(=O)c2cccnc2)CC1. The van der Waals surface area contributed by atoms with E-state index in [4.69, 9.17) is 10.3 Å². The van der Waals surface area contributed by atoms with Crippen molar-refractivity contribution in [2.45, 2.75) is 0 Å². The predicted octanol–water partition coefficient (Wildman–Crippen LogP) is -1.62. The Labute approximate surface area is 138 Å². The summed E-state index contributed by atoms with van der Waals surface area (Å²) in [6, 6.07) is 3.26. The molecule has 24 heavy (non-hydrogen) atoms. The maximum atomic E-state index is 12.6. The Morgan fingerprint density at radius 2 is 2.04 bits per heavy atom. The molecule has 10 nitrogen and oxygen atoms in total. The molecule has 2 aromatic heterocycles. The molecule has 3 heterocycles. The number of hydrogen-bond donors (Lipinski definition) is 1. The van der Waals surface area contributed by atoms with E-state index in [0.29, 0.717) is 31.7 Å². The van der Waals surface area contributed by atoms with E-state index in [2.05, 4.69) is 10.3 Å². The number of anilines is 1. The summed E-state index contributed by atoms with van der Waals surface area (Å²) in [7, 11) is -3.24. The van der Waals surface area contributed by atoms with Crippen LogP contribution in [0, 0.1) is 0 Å². The van der Waals surface area contributed by atoms with Gasteiger partial charge in [-0.25, -0.2) is 8.42 Å². The third-order valence-corrected chi connectivity index (χ3v) is 5.04. The van der Waals surface area contributed by atoms with Gasteiger partial charge in [0.15, 0.2) is 0 Å². The molecule has 0 aromatic carbocycles. The molecule has 0 unspecified atom stereocenters. The van der Waals surface area contributed by atoms with Gasteiger partial charge in [0, 0.05) is 31.0 Å². The summed E-state index contributed by atoms with van der Waals surface area (Å²) in [5.41, 5.74) is 6.21. The first-order chi connectivity index (χ1) is 11.4. The summed E-state index contributed by atoms with van der Waals surface area (Å²) >= 11 is 0. The lowest BCUT2D eigenvalue weighted by Gasteiger charge is -2.28. The molecule has 0 bridgehead atoms. The highest BCUT2D eigenvalue weighted by atomic mass is 32.2. The number of hydrogen-bond acceptors (Lipinski definition) is 8. The molecule has 1 aliphatic rings. The van der Waals surface area contributed by atoms with E-state index in [0.717, 1.165) is 0 Å². The topological polar surface area (TPSA) is 127 Å². The lowest BCUT2D eigenvalue weighted by atomic mass is 10.1. The van der Waals surface area contributed by atoms with Crippen molar-refractivity contribution in [3.63, 3.8) is 0 Å². The van der Waals surface area contributed by atoms with Crippen molar-refractivity contribution in [2.75, 3.05) is 43.2 Å². The van der Waals surface area contributed by atoms with E-state index in [1.54, 1.807) is 23.3 Å². The average molecular weight is 353 g/mol. The number of carbonyl (C=O) groups is 1. The monoisotopic (exact) mass is 353 g/mol. The number of sulfonamides is 1. The van der Waals surface area contributed by atoms with Crippen LogP contribution in [0.3, 0.4) is 0 Å². The number of aromatic nitrogens is 3. The van der Waals surface area contributed by atoms with E-state index < -0.39 is 10.0 Å². The number of nitrogens with two attached hydrogens (primary N) is 1. The molecule has 0 radical (unpaired) electrons. The highest BCUT2D eigenvalue weighted by molar-refractivity contribution is 7.88. The maximum absolute atomic E-state index is 12.6. The van der Waals surface area contributed by atoms with Gasteiger partial charge in [0.2, 0.25) is 15.3 Å². The number of nitrogens with zero attached hydrogens (tertiary/aromatic N) is 5. The van der Waals surface area contributed by atoms with Crippen LogP contribution in [0.2, 0.25) is 0 Å². The van der Waals surface area contributed by atoms with Gasteiger partial charge in [-0.3, -0.25) is 14.3 Å². The third kappa shape index (κ3) is 3.08. The van der Waals surface area contributed by atoms with Crippen LogP contribution >= 0.6 is 0 Å². The van der Waals surface area contributed by atoms with Crippen molar-refractivity contribution in [2.24, 2.45) is 0 Å². The zero-order chi connectivity index (χ0) is 17.3. The van der Waals surface area contributed by atoms with Crippen LogP contribution in [0.4, 0.5) is 5.88 Å². The van der Waals surface area contributed by atoms with Crippen molar-refractivity contribution in [1.82, 2.24) is 14.6 Å². The normalized spacial score (nSPS) is 16.3. The second-order valence-electron chi connectivity index (χ2n) is 5.36. The number of nitrogen functional groups attached to an aromatic ring is 1. The Kier molecular flexibility index (Phi) is 4.20. The zero-order valence-corrected chi connectivity index (χ0v) is 13.8. The first kappa shape index (κ1) is 16.3. The van der Waals surface area contributed by atoms with Crippen LogP contribution in [0.25, 0.3) is 0 Å². The summed E-state index contributed by atoms with van der Waals surface area (Å²) in [5.74, 6) is -0.471. The Morgan fingerprint density at radius 3 is 2.62 bits per heavy atom. The van der Waals surface area contributed by atoms with Crippen LogP contribution in [0.15, 0.2) is 29.0 Å². The van der Waals surface area contributed by atoms with Gasteiger partial charge in [0.25, 0.3) is 5.78 Å². The minimum absolute atomic E-state index is 0.0933. The molecule has 1 aliphatic heterocycles. The van der Waals surface area contributed by atoms with Gasteiger partial charge in [0.1, 0.15) is 0 Å². The first-order valence-electron chi connectivity index (χ1n) is 7.20. The van der Waals surface area contributed by atoms with Gasteiger partial charge in [-0.2, -0.15) is 4.31 Å². The summed E-state index contributed by atoms with van der Waals surface area (Å²) in [5, 5.41) is 5.52. The second-order valence-corrected chi connectivity index (χ2v) is 7.34. The molecule has 1 fully saturated rings. The van der Waals surface area contributed by atoms with Crippen molar-refractivity contribution in [3.05, 3.63) is 35.8 Å². The van der Waals surface area contributed by atoms with Crippen LogP contribution < -0.4 is 15.5 Å². The fourth-order valence-electron chi connectivity index (χ4n) is 2.49. The Balaban J connectivity index is 1.85. The first-order valence-corrected chi connectivity index (χ1v) is 9.05. The molecule has 2 N–H and O–H groups in total. The molecule has 0 atom stereocenters. The maximum Gasteiger partial charge on any atom is 0.378 e. The van der Waals surface area contributed by atoms with Gasteiger partial charge in [0.05, 0.1) is 24.1 Å². The largest absolute Gasteiger partial charge is 0.378 e. The fraction of sp³-hybridized carbons (Fsp3) is 0.385. The Hall–Kier alpha value is -2.53. The van der Waals surface area contributed by atoms with E-state index in [1.165, 1.54) is 21.5 Å². The Morgan fingerprint density at radius 1 is 1.33 bits per heavy atom. The van der Waals surface area contributed by atoms with E-state index in [-0.39, 0.29) is 17.4 Å². The van der Waals surface area contributed by atoms with Crippen LogP contribution in [0.5, 0.6) is 0 Å². The molecule has 3 rings (SSSR count). The molecular weight excluding hydrogens is 336 g/mol. The van der Waals surface area contributed by atoms with Crippen molar-refractivity contribution in [1.29, 1.82) is 0 Å². The van der Waals surface area contributed by atoms with Gasteiger partial charge < -0.3 is 5.73 Å². The molecule has 0 amide bonds. The minimum Gasteiger partial charge on any atom is -0.361 e. The smallest absolute Gasteiger partial charge is 0.361 e. The number of piperazine rings is 1. The van der Waals surface area contributed by atoms with Gasteiger partial charge in [-0.05, 0) is 12.1 Å². The zero-order valence-electron chi connectivity index (χ0n) is 13.0. The van der Waals surface area contributed by atoms with Gasteiger partial charge in [-0.15, -0.1) is 5.01 Å². The molecule has 0 saturated carbocycles. The molecule has 1 saturated heterocycles. The second kappa shape index (κ2) is 6.17. The summed E-state index contributed by atoms with van der Waals surface area (Å²) in [4.78, 5) is 17.9. The molecular formula is C13H17N6O4S+. The summed E-state index contributed by atoms with van der Waals surface area (Å²) in [6.07, 6.45) is 4.16. The number of pyridine rings is 1. The molecule has 2 aromatic rings. The lowest BCUT2D eigenvalue weighted by Crippen LogP contribution is -2.67. The molecule has 0 aliphatic carbocycles. The van der Waals surface area contributed by atoms with Gasteiger partial charge >= 0.3 is 11.6 Å². The number of ketones is 1. The Bertz CT molecular complexity index is 843. The highest BCUT2D eigenvalue weighted by Gasteiger charge is 2.38. The minimum atomic E-state index is -3.24. The van der Waals surface area contributed by atoms with Crippen LogP contribution in [-0.2, 0) is 10.0 Å². The lowest BCUT2D eigenvalue weighted by molar-refractivity contribution is -0.760. The summed E-state index contributed by atoms with van der Waals surface area (Å²) in [6.45, 7) is 1.30. The van der Waals surface area contributed by atoms with E-state index in [1.807, 2.05) is 0 Å². The number of carbonyl (C=O) groups excluding carboxylic acids is 1. The standard InChI is InChI=1S/C13H16N6O4S/c1-24(21,22)18-7-5-17(6-8-18)19-11(13(14)23-16-19)12(20)10-3-2-4-15-9-10/h2-4,9H,5-8H2,1H3,(H-,14,16,20)/p+1. The fourth-order valence-corrected chi connectivity index (χ4v) is 3.32. The van der Waals surface area contributed by atoms with Crippen molar-refractivity contribution < 1.29 is 22.5 Å². The summed E-state index contributed by atoms with van der Waals surface area (Å²) < 4.78 is 29.5.